The van der Waals surface area contributed by atoms with Crippen molar-refractivity contribution in [2.75, 3.05) is 20.7 Å². The third kappa shape index (κ3) is 8.60. The normalized spacial score (nSPS) is 12.3. The first kappa shape index (κ1) is 21.6. The van der Waals surface area contributed by atoms with Crippen molar-refractivity contribution in [1.82, 2.24) is 16.0 Å². The molecule has 0 aromatic heterocycles. The summed E-state index contributed by atoms with van der Waals surface area (Å²) in [4.78, 5) is 16.1. The van der Waals surface area contributed by atoms with Crippen LogP contribution in [0.5, 0.6) is 5.75 Å². The van der Waals surface area contributed by atoms with Crippen LogP contribution in [0.3, 0.4) is 0 Å². The summed E-state index contributed by atoms with van der Waals surface area (Å²) in [5.74, 6) is 1.48. The molecule has 3 N–H and O–H groups in total. The maximum Gasteiger partial charge on any atom is 0.408 e. The van der Waals surface area contributed by atoms with Crippen molar-refractivity contribution in [2.24, 2.45) is 4.99 Å². The summed E-state index contributed by atoms with van der Waals surface area (Å²) in [5.41, 5.74) is 0.0868. The van der Waals surface area contributed by atoms with Gasteiger partial charge in [0.1, 0.15) is 11.4 Å². The van der Waals surface area contributed by atoms with Crippen molar-refractivity contribution < 1.29 is 14.3 Å². The number of carbonyl (C=O) groups excluding carboxylic acids is 1. The molecule has 0 heterocycles. The summed E-state index contributed by atoms with van der Waals surface area (Å²) in [6.45, 7) is 10.5. The van der Waals surface area contributed by atoms with Crippen LogP contribution in [0.1, 0.15) is 40.2 Å². The Morgan fingerprint density at radius 1 is 1.08 bits per heavy atom. The summed E-state index contributed by atoms with van der Waals surface area (Å²) in [5, 5.41) is 9.31. The highest BCUT2D eigenvalue weighted by Gasteiger charge is 2.24. The maximum atomic E-state index is 11.9. The van der Waals surface area contributed by atoms with Crippen LogP contribution >= 0.6 is 0 Å². The lowest BCUT2D eigenvalue weighted by Crippen LogP contribution is -2.54. The molecule has 0 spiro atoms. The molecule has 1 amide bonds. The number of ether oxygens (including phenoxy) is 2. The first-order valence-corrected chi connectivity index (χ1v) is 8.63. The molecule has 0 aliphatic carbocycles. The van der Waals surface area contributed by atoms with Gasteiger partial charge in [0.2, 0.25) is 0 Å². The minimum absolute atomic E-state index is 0.439. The van der Waals surface area contributed by atoms with E-state index in [0.29, 0.717) is 19.0 Å². The zero-order valence-electron chi connectivity index (χ0n) is 16.9. The van der Waals surface area contributed by atoms with E-state index in [1.807, 2.05) is 58.9 Å². The molecule has 0 radical (unpaired) electrons. The average Bonchev–Trinajstić information content (AvgIpc) is 2.53. The minimum Gasteiger partial charge on any atom is -0.497 e. The van der Waals surface area contributed by atoms with Crippen LogP contribution in [0.25, 0.3) is 0 Å². The average molecular weight is 364 g/mol. The van der Waals surface area contributed by atoms with Crippen molar-refractivity contribution >= 4 is 12.1 Å². The molecule has 0 unspecified atom stereocenters. The standard InChI is InChI=1S/C19H32N4O3/c1-18(2,3)26-17(24)23-19(4,5)13-22-16(20-6)21-12-14-8-10-15(25-7)11-9-14/h8-11H,12-13H2,1-7H3,(H,23,24)(H2,20,21,22). The summed E-state index contributed by atoms with van der Waals surface area (Å²) < 4.78 is 10.4. The fraction of sp³-hybridized carbons (Fsp3) is 0.579. The summed E-state index contributed by atoms with van der Waals surface area (Å²) >= 11 is 0. The van der Waals surface area contributed by atoms with Gasteiger partial charge in [-0.05, 0) is 52.3 Å². The van der Waals surface area contributed by atoms with Gasteiger partial charge in [0.05, 0.1) is 12.6 Å². The molecular formula is C19H32N4O3. The zero-order chi connectivity index (χ0) is 19.8. The molecular weight excluding hydrogens is 332 g/mol. The van der Waals surface area contributed by atoms with Gasteiger partial charge in [0, 0.05) is 20.1 Å². The Kier molecular flexibility index (Phi) is 7.74. The maximum absolute atomic E-state index is 11.9. The number of rotatable bonds is 6. The molecule has 7 heteroatoms. The lowest BCUT2D eigenvalue weighted by molar-refractivity contribution is 0.0474. The van der Waals surface area contributed by atoms with Gasteiger partial charge < -0.3 is 25.4 Å². The lowest BCUT2D eigenvalue weighted by Gasteiger charge is -2.29. The second-order valence-corrected chi connectivity index (χ2v) is 7.64. The Bertz CT molecular complexity index is 604. The van der Waals surface area contributed by atoms with Gasteiger partial charge in [-0.3, -0.25) is 4.99 Å². The molecule has 1 aromatic carbocycles. The number of benzene rings is 1. The van der Waals surface area contributed by atoms with Gasteiger partial charge in [0.25, 0.3) is 0 Å². The Balaban J connectivity index is 2.47. The second kappa shape index (κ2) is 9.31. The molecule has 1 rings (SSSR count). The number of hydrogen-bond donors (Lipinski definition) is 3. The van der Waals surface area contributed by atoms with E-state index in [1.54, 1.807) is 14.2 Å². The van der Waals surface area contributed by atoms with E-state index in [-0.39, 0.29) is 0 Å². The molecule has 0 atom stereocenters. The molecule has 1 aromatic rings. The minimum atomic E-state index is -0.524. The van der Waals surface area contributed by atoms with Crippen molar-refractivity contribution in [2.45, 2.75) is 52.3 Å². The highest BCUT2D eigenvalue weighted by molar-refractivity contribution is 5.79. The van der Waals surface area contributed by atoms with Crippen molar-refractivity contribution in [3.05, 3.63) is 29.8 Å². The van der Waals surface area contributed by atoms with Crippen molar-refractivity contribution in [3.63, 3.8) is 0 Å². The predicted octanol–water partition coefficient (Wildman–Crippen LogP) is 2.66. The van der Waals surface area contributed by atoms with Gasteiger partial charge >= 0.3 is 6.09 Å². The Labute approximate surface area is 156 Å². The number of methoxy groups -OCH3 is 1. The number of amides is 1. The Hall–Kier alpha value is -2.44. The fourth-order valence-electron chi connectivity index (χ4n) is 2.08. The number of carbonyl (C=O) groups is 1. The predicted molar refractivity (Wildman–Crippen MR) is 105 cm³/mol. The van der Waals surface area contributed by atoms with Crippen LogP contribution < -0.4 is 20.7 Å². The molecule has 0 aliphatic heterocycles. The number of nitrogens with zero attached hydrogens (tertiary/aromatic N) is 1. The monoisotopic (exact) mass is 364 g/mol. The number of alkyl carbamates (subject to hydrolysis) is 1. The molecule has 0 bridgehead atoms. The lowest BCUT2D eigenvalue weighted by atomic mass is 10.1. The number of nitrogens with one attached hydrogen (secondary N) is 3. The number of guanidine groups is 1. The quantitative estimate of drug-likeness (QED) is 0.534. The van der Waals surface area contributed by atoms with E-state index >= 15 is 0 Å². The summed E-state index contributed by atoms with van der Waals surface area (Å²) in [7, 11) is 3.35. The van der Waals surface area contributed by atoms with E-state index in [0.717, 1.165) is 11.3 Å². The van der Waals surface area contributed by atoms with Crippen LogP contribution in [0, 0.1) is 0 Å². The highest BCUT2D eigenvalue weighted by Crippen LogP contribution is 2.11. The van der Waals surface area contributed by atoms with E-state index in [1.165, 1.54) is 0 Å². The van der Waals surface area contributed by atoms with E-state index in [4.69, 9.17) is 9.47 Å². The van der Waals surface area contributed by atoms with Crippen molar-refractivity contribution in [1.29, 1.82) is 0 Å². The molecule has 0 aliphatic rings. The summed E-state index contributed by atoms with van der Waals surface area (Å²) in [6, 6.07) is 7.82. The second-order valence-electron chi connectivity index (χ2n) is 7.64. The largest absolute Gasteiger partial charge is 0.497 e. The first-order valence-electron chi connectivity index (χ1n) is 8.63. The molecule has 146 valence electrons. The zero-order valence-corrected chi connectivity index (χ0v) is 16.9. The SMILES string of the molecule is CN=C(NCc1ccc(OC)cc1)NCC(C)(C)NC(=O)OC(C)(C)C. The van der Waals surface area contributed by atoms with Crippen LogP contribution in [0.15, 0.2) is 29.3 Å². The molecule has 7 nitrogen and oxygen atoms in total. The van der Waals surface area contributed by atoms with E-state index < -0.39 is 17.2 Å². The molecule has 0 saturated heterocycles. The van der Waals surface area contributed by atoms with Gasteiger partial charge in [-0.15, -0.1) is 0 Å². The van der Waals surface area contributed by atoms with Gasteiger partial charge in [-0.2, -0.15) is 0 Å². The van der Waals surface area contributed by atoms with E-state index in [2.05, 4.69) is 20.9 Å². The van der Waals surface area contributed by atoms with Crippen molar-refractivity contribution in [3.8, 4) is 5.75 Å². The smallest absolute Gasteiger partial charge is 0.408 e. The molecule has 26 heavy (non-hydrogen) atoms. The fourth-order valence-corrected chi connectivity index (χ4v) is 2.08. The van der Waals surface area contributed by atoms with Gasteiger partial charge in [-0.25, -0.2) is 4.79 Å². The van der Waals surface area contributed by atoms with Crippen LogP contribution in [-0.2, 0) is 11.3 Å². The Morgan fingerprint density at radius 3 is 2.19 bits per heavy atom. The number of hydrogen-bond acceptors (Lipinski definition) is 4. The topological polar surface area (TPSA) is 84.0 Å². The Morgan fingerprint density at radius 2 is 1.69 bits per heavy atom. The third-order valence-electron chi connectivity index (χ3n) is 3.38. The van der Waals surface area contributed by atoms with E-state index in [9.17, 15) is 4.79 Å². The number of aliphatic imine (C=N–C) groups is 1. The van der Waals surface area contributed by atoms with Crippen LogP contribution in [-0.4, -0.2) is 43.9 Å². The van der Waals surface area contributed by atoms with Crippen LogP contribution in [0.2, 0.25) is 0 Å². The van der Waals surface area contributed by atoms with Gasteiger partial charge in [0.15, 0.2) is 5.96 Å². The third-order valence-corrected chi connectivity index (χ3v) is 3.38. The van der Waals surface area contributed by atoms with Gasteiger partial charge in [-0.1, -0.05) is 12.1 Å². The van der Waals surface area contributed by atoms with Crippen LogP contribution in [0.4, 0.5) is 4.79 Å². The highest BCUT2D eigenvalue weighted by atomic mass is 16.6. The molecule has 0 saturated carbocycles. The molecule has 0 fully saturated rings. The first-order chi connectivity index (χ1) is 12.0. The summed E-state index contributed by atoms with van der Waals surface area (Å²) in [6.07, 6.45) is -0.439.